The number of benzene rings is 2. The number of methoxy groups -OCH3 is 1. The highest BCUT2D eigenvalue weighted by atomic mass is 16.5. The fourth-order valence-corrected chi connectivity index (χ4v) is 4.04. The first-order valence-corrected chi connectivity index (χ1v) is 10.6. The summed E-state index contributed by atoms with van der Waals surface area (Å²) in [6.07, 6.45) is 2.55. The van der Waals surface area contributed by atoms with E-state index in [0.717, 1.165) is 30.8 Å². The van der Waals surface area contributed by atoms with Gasteiger partial charge in [0.1, 0.15) is 11.5 Å². The fourth-order valence-electron chi connectivity index (χ4n) is 4.04. The summed E-state index contributed by atoms with van der Waals surface area (Å²) >= 11 is 0. The molecule has 1 atom stereocenters. The zero-order valence-electron chi connectivity index (χ0n) is 18.3. The zero-order valence-corrected chi connectivity index (χ0v) is 18.3. The number of nitrogens with one attached hydrogen (secondary N) is 2. The molecule has 0 bridgehead atoms. The highest BCUT2D eigenvalue weighted by Gasteiger charge is 2.28. The number of anilines is 1. The summed E-state index contributed by atoms with van der Waals surface area (Å²) in [7, 11) is 1.52. The molecule has 0 saturated carbocycles. The lowest BCUT2D eigenvalue weighted by molar-refractivity contribution is -0.136. The minimum atomic E-state index is -0.740. The molecule has 7 nitrogen and oxygen atoms in total. The van der Waals surface area contributed by atoms with E-state index >= 15 is 0 Å². The molecule has 1 aliphatic rings. The molecule has 2 aromatic carbocycles. The second-order valence-corrected chi connectivity index (χ2v) is 7.89. The maximum Gasteiger partial charge on any atom is 0.313 e. The van der Waals surface area contributed by atoms with E-state index in [0.29, 0.717) is 11.4 Å². The fraction of sp³-hybridized carbons (Fsp3) is 0.280. The minimum Gasteiger partial charge on any atom is -0.495 e. The summed E-state index contributed by atoms with van der Waals surface area (Å²) in [5, 5.41) is 5.41. The van der Waals surface area contributed by atoms with Gasteiger partial charge in [-0.25, -0.2) is 0 Å². The summed E-state index contributed by atoms with van der Waals surface area (Å²) < 4.78 is 10.9. The lowest BCUT2D eigenvalue weighted by Crippen LogP contribution is -2.43. The predicted octanol–water partition coefficient (Wildman–Crippen LogP) is 3.45. The van der Waals surface area contributed by atoms with Crippen LogP contribution in [0.1, 0.15) is 28.5 Å². The van der Waals surface area contributed by atoms with Gasteiger partial charge < -0.3 is 19.8 Å². The van der Waals surface area contributed by atoms with Crippen LogP contribution in [0.25, 0.3) is 0 Å². The third kappa shape index (κ3) is 4.84. The summed E-state index contributed by atoms with van der Waals surface area (Å²) in [5.74, 6) is -0.193. The van der Waals surface area contributed by atoms with Gasteiger partial charge in [-0.1, -0.05) is 30.3 Å². The van der Waals surface area contributed by atoms with Gasteiger partial charge in [-0.3, -0.25) is 14.5 Å². The van der Waals surface area contributed by atoms with Crippen molar-refractivity contribution in [3.8, 4) is 5.75 Å². The van der Waals surface area contributed by atoms with Crippen LogP contribution in [0.3, 0.4) is 0 Å². The van der Waals surface area contributed by atoms with Gasteiger partial charge in [0.15, 0.2) is 0 Å². The molecule has 2 heterocycles. The summed E-state index contributed by atoms with van der Waals surface area (Å²) in [6.45, 7) is 3.75. The maximum atomic E-state index is 12.6. The molecule has 0 fully saturated rings. The highest BCUT2D eigenvalue weighted by molar-refractivity contribution is 6.39. The van der Waals surface area contributed by atoms with Gasteiger partial charge in [0.05, 0.1) is 25.1 Å². The SMILES string of the molecule is COc1ccc(C)cc1NC(=O)C(=O)NC[C@H](c1ccco1)N1CCc2ccccc2C1. The average molecular weight is 434 g/mol. The number of hydrogen-bond acceptors (Lipinski definition) is 5. The molecule has 0 spiro atoms. The Morgan fingerprint density at radius 3 is 2.66 bits per heavy atom. The maximum absolute atomic E-state index is 12.6. The number of amides is 2. The second kappa shape index (κ2) is 9.70. The molecule has 0 aliphatic carbocycles. The Bertz CT molecular complexity index is 1090. The monoisotopic (exact) mass is 433 g/mol. The van der Waals surface area contributed by atoms with Crippen molar-refractivity contribution in [2.45, 2.75) is 25.9 Å². The normalized spacial score (nSPS) is 14.3. The number of carbonyl (C=O) groups is 2. The van der Waals surface area contributed by atoms with Crippen molar-refractivity contribution in [3.63, 3.8) is 0 Å². The van der Waals surface area contributed by atoms with Gasteiger partial charge in [0, 0.05) is 19.6 Å². The van der Waals surface area contributed by atoms with E-state index in [-0.39, 0.29) is 12.6 Å². The van der Waals surface area contributed by atoms with E-state index in [9.17, 15) is 9.59 Å². The molecule has 4 rings (SSSR count). The number of rotatable bonds is 6. The van der Waals surface area contributed by atoms with Crippen LogP contribution in [-0.2, 0) is 22.6 Å². The van der Waals surface area contributed by atoms with E-state index in [1.165, 1.54) is 18.2 Å². The van der Waals surface area contributed by atoms with Crippen LogP contribution in [0.5, 0.6) is 5.75 Å². The van der Waals surface area contributed by atoms with Crippen LogP contribution >= 0.6 is 0 Å². The van der Waals surface area contributed by atoms with E-state index in [4.69, 9.17) is 9.15 Å². The average Bonchev–Trinajstić information content (AvgIpc) is 3.33. The molecule has 32 heavy (non-hydrogen) atoms. The Kier molecular flexibility index (Phi) is 6.56. The van der Waals surface area contributed by atoms with Gasteiger partial charge >= 0.3 is 11.8 Å². The zero-order chi connectivity index (χ0) is 22.5. The van der Waals surface area contributed by atoms with Crippen molar-refractivity contribution in [1.29, 1.82) is 0 Å². The Balaban J connectivity index is 1.43. The Labute approximate surface area is 187 Å². The van der Waals surface area contributed by atoms with Gasteiger partial charge in [-0.15, -0.1) is 0 Å². The van der Waals surface area contributed by atoms with E-state index in [2.05, 4.69) is 33.7 Å². The third-order valence-corrected chi connectivity index (χ3v) is 5.74. The van der Waals surface area contributed by atoms with Gasteiger partial charge in [0.2, 0.25) is 0 Å². The van der Waals surface area contributed by atoms with Crippen LogP contribution in [0.15, 0.2) is 65.3 Å². The van der Waals surface area contributed by atoms with Crippen LogP contribution < -0.4 is 15.4 Å². The molecule has 2 amide bonds. The lowest BCUT2D eigenvalue weighted by atomic mass is 9.98. The Morgan fingerprint density at radius 2 is 1.91 bits per heavy atom. The number of nitrogens with zero attached hydrogens (tertiary/aromatic N) is 1. The van der Waals surface area contributed by atoms with Gasteiger partial charge in [0.25, 0.3) is 0 Å². The summed E-state index contributed by atoms with van der Waals surface area (Å²) in [5.41, 5.74) is 4.02. The molecule has 1 aromatic heterocycles. The number of fused-ring (bicyclic) bond motifs is 1. The van der Waals surface area contributed by atoms with Crippen molar-refractivity contribution in [1.82, 2.24) is 10.2 Å². The first-order chi connectivity index (χ1) is 15.5. The smallest absolute Gasteiger partial charge is 0.313 e. The van der Waals surface area contributed by atoms with Crippen molar-refractivity contribution in [2.24, 2.45) is 0 Å². The van der Waals surface area contributed by atoms with Gasteiger partial charge in [-0.2, -0.15) is 0 Å². The van der Waals surface area contributed by atoms with Crippen molar-refractivity contribution >= 4 is 17.5 Å². The van der Waals surface area contributed by atoms with Crippen LogP contribution in [0, 0.1) is 6.92 Å². The molecule has 3 aromatic rings. The molecule has 7 heteroatoms. The molecule has 0 saturated heterocycles. The Morgan fingerprint density at radius 1 is 1.09 bits per heavy atom. The Hall–Kier alpha value is -3.58. The quantitative estimate of drug-likeness (QED) is 0.582. The molecule has 0 radical (unpaired) electrons. The van der Waals surface area contributed by atoms with Crippen LogP contribution in [0.2, 0.25) is 0 Å². The highest BCUT2D eigenvalue weighted by Crippen LogP contribution is 2.28. The lowest BCUT2D eigenvalue weighted by Gasteiger charge is -2.34. The van der Waals surface area contributed by atoms with Crippen molar-refractivity contribution in [2.75, 3.05) is 25.5 Å². The number of carbonyl (C=O) groups excluding carboxylic acids is 2. The number of ether oxygens (including phenoxy) is 1. The molecular weight excluding hydrogens is 406 g/mol. The molecule has 2 N–H and O–H groups in total. The number of hydrogen-bond donors (Lipinski definition) is 2. The van der Waals surface area contributed by atoms with Crippen LogP contribution in [-0.4, -0.2) is 36.9 Å². The number of aryl methyl sites for hydroxylation is 1. The van der Waals surface area contributed by atoms with Gasteiger partial charge in [-0.05, 0) is 54.3 Å². The minimum absolute atomic E-state index is 0.177. The van der Waals surface area contributed by atoms with E-state index in [1.54, 1.807) is 18.4 Å². The molecule has 166 valence electrons. The standard InChI is InChI=1S/C25H27N3O4/c1-17-9-10-22(31-2)20(14-17)27-25(30)24(29)26-15-21(23-8-5-13-32-23)28-12-11-18-6-3-4-7-19(18)16-28/h3-10,13-14,21H,11-12,15-16H2,1-2H3,(H,26,29)(H,27,30)/t21-/m1/s1. The van der Waals surface area contributed by atoms with Crippen LogP contribution in [0.4, 0.5) is 5.69 Å². The van der Waals surface area contributed by atoms with E-state index in [1.807, 2.05) is 31.2 Å². The second-order valence-electron chi connectivity index (χ2n) is 7.89. The summed E-state index contributed by atoms with van der Waals surface area (Å²) in [4.78, 5) is 27.4. The predicted molar refractivity (Wildman–Crippen MR) is 121 cm³/mol. The molecule has 1 aliphatic heterocycles. The first-order valence-electron chi connectivity index (χ1n) is 10.6. The van der Waals surface area contributed by atoms with Crippen molar-refractivity contribution < 1.29 is 18.7 Å². The van der Waals surface area contributed by atoms with Crippen molar-refractivity contribution in [3.05, 3.63) is 83.3 Å². The molecular formula is C25H27N3O4. The largest absolute Gasteiger partial charge is 0.495 e. The first kappa shape index (κ1) is 21.6. The summed E-state index contributed by atoms with van der Waals surface area (Å²) in [6, 6.07) is 17.3. The number of furan rings is 1. The van der Waals surface area contributed by atoms with E-state index < -0.39 is 11.8 Å². The third-order valence-electron chi connectivity index (χ3n) is 5.74. The molecule has 0 unspecified atom stereocenters. The topological polar surface area (TPSA) is 83.8 Å².